The lowest BCUT2D eigenvalue weighted by atomic mass is 10.1. The monoisotopic (exact) mass is 424 g/mol. The van der Waals surface area contributed by atoms with Gasteiger partial charge in [-0.3, -0.25) is 9.79 Å². The molecular weight excluding hydrogens is 392 g/mol. The topological polar surface area (TPSA) is 86.0 Å². The SMILES string of the molecule is CC1=CCC(O)C(Cn2c(NCCCN3CCN(C)CC3)nc3ccc(C=O)cc32)=N1. The van der Waals surface area contributed by atoms with Crippen LogP contribution in [0.2, 0.25) is 0 Å². The highest BCUT2D eigenvalue weighted by Gasteiger charge is 2.20. The number of nitrogens with zero attached hydrogens (tertiary/aromatic N) is 5. The summed E-state index contributed by atoms with van der Waals surface area (Å²) >= 11 is 0. The summed E-state index contributed by atoms with van der Waals surface area (Å²) in [4.78, 5) is 25.5. The molecule has 1 fully saturated rings. The highest BCUT2D eigenvalue weighted by Crippen LogP contribution is 2.23. The molecule has 0 spiro atoms. The van der Waals surface area contributed by atoms with Crippen molar-refractivity contribution in [1.29, 1.82) is 0 Å². The zero-order valence-electron chi connectivity index (χ0n) is 18.4. The van der Waals surface area contributed by atoms with Gasteiger partial charge in [-0.15, -0.1) is 0 Å². The Morgan fingerprint density at radius 1 is 1.26 bits per heavy atom. The quantitative estimate of drug-likeness (QED) is 0.498. The Labute approximate surface area is 183 Å². The van der Waals surface area contributed by atoms with E-state index in [-0.39, 0.29) is 0 Å². The molecule has 0 bridgehead atoms. The third-order valence-electron chi connectivity index (χ3n) is 6.10. The predicted octanol–water partition coefficient (Wildman–Crippen LogP) is 2.01. The molecule has 166 valence electrons. The first kappa shape index (κ1) is 21.7. The minimum atomic E-state index is -0.597. The van der Waals surface area contributed by atoms with Crippen LogP contribution >= 0.6 is 0 Å². The molecule has 2 aliphatic heterocycles. The third-order valence-corrected chi connectivity index (χ3v) is 6.10. The molecule has 0 aliphatic carbocycles. The number of aromatic nitrogens is 2. The number of allylic oxidation sites excluding steroid dienone is 1. The number of nitrogens with one attached hydrogen (secondary N) is 1. The highest BCUT2D eigenvalue weighted by atomic mass is 16.3. The van der Waals surface area contributed by atoms with Gasteiger partial charge in [0.1, 0.15) is 6.29 Å². The van der Waals surface area contributed by atoms with Crippen molar-refractivity contribution in [2.24, 2.45) is 4.99 Å². The summed E-state index contributed by atoms with van der Waals surface area (Å²) in [5.74, 6) is 0.749. The normalized spacial score (nSPS) is 20.5. The van der Waals surface area contributed by atoms with Crippen LogP contribution in [0, 0.1) is 0 Å². The Kier molecular flexibility index (Phi) is 6.80. The van der Waals surface area contributed by atoms with Crippen LogP contribution in [0.15, 0.2) is 35.0 Å². The first-order valence-corrected chi connectivity index (χ1v) is 11.1. The molecular formula is C23H32N6O2. The average Bonchev–Trinajstić information content (AvgIpc) is 3.11. The van der Waals surface area contributed by atoms with Crippen LogP contribution < -0.4 is 5.32 Å². The second kappa shape index (κ2) is 9.72. The van der Waals surface area contributed by atoms with Crippen molar-refractivity contribution in [3.63, 3.8) is 0 Å². The lowest BCUT2D eigenvalue weighted by Crippen LogP contribution is -2.44. The van der Waals surface area contributed by atoms with Gasteiger partial charge in [-0.05, 0) is 51.6 Å². The maximum atomic E-state index is 11.3. The number of anilines is 1. The van der Waals surface area contributed by atoms with E-state index in [2.05, 4.69) is 27.2 Å². The van der Waals surface area contributed by atoms with E-state index >= 15 is 0 Å². The molecule has 0 radical (unpaired) electrons. The van der Waals surface area contributed by atoms with Gasteiger partial charge in [-0.1, -0.05) is 6.08 Å². The molecule has 3 heterocycles. The Morgan fingerprint density at radius 2 is 2.06 bits per heavy atom. The van der Waals surface area contributed by atoms with Gasteiger partial charge >= 0.3 is 0 Å². The number of piperazine rings is 1. The molecule has 1 aromatic heterocycles. The lowest BCUT2D eigenvalue weighted by molar-refractivity contribution is 0.112. The van der Waals surface area contributed by atoms with Crippen LogP contribution in [0.1, 0.15) is 30.1 Å². The number of benzene rings is 1. The summed E-state index contributed by atoms with van der Waals surface area (Å²) in [5, 5.41) is 13.9. The molecule has 2 aliphatic rings. The molecule has 0 amide bonds. The summed E-state index contributed by atoms with van der Waals surface area (Å²) in [6, 6.07) is 5.50. The fourth-order valence-corrected chi connectivity index (χ4v) is 4.15. The second-order valence-electron chi connectivity index (χ2n) is 8.51. The summed E-state index contributed by atoms with van der Waals surface area (Å²) in [6.07, 6.45) is 3.80. The van der Waals surface area contributed by atoms with Gasteiger partial charge in [0.25, 0.3) is 0 Å². The van der Waals surface area contributed by atoms with Crippen LogP contribution in [0.4, 0.5) is 5.95 Å². The number of likely N-dealkylation sites (N-methyl/N-ethyl adjacent to an activating group) is 1. The Hall–Kier alpha value is -2.55. The van der Waals surface area contributed by atoms with Crippen LogP contribution in [-0.4, -0.2) is 88.9 Å². The molecule has 1 atom stereocenters. The molecule has 0 saturated carbocycles. The van der Waals surface area contributed by atoms with Gasteiger partial charge in [0.05, 0.1) is 29.4 Å². The molecule has 31 heavy (non-hydrogen) atoms. The largest absolute Gasteiger partial charge is 0.387 e. The fraction of sp³-hybridized carbons (Fsp3) is 0.522. The minimum Gasteiger partial charge on any atom is -0.387 e. The van der Waals surface area contributed by atoms with Crippen molar-refractivity contribution >= 4 is 29.0 Å². The van der Waals surface area contributed by atoms with E-state index in [9.17, 15) is 9.90 Å². The van der Waals surface area contributed by atoms with E-state index in [1.54, 1.807) is 6.07 Å². The van der Waals surface area contributed by atoms with Gasteiger partial charge in [0.2, 0.25) is 5.95 Å². The van der Waals surface area contributed by atoms with Gasteiger partial charge in [0, 0.05) is 44.0 Å². The van der Waals surface area contributed by atoms with Crippen molar-refractivity contribution in [2.75, 3.05) is 51.6 Å². The molecule has 2 N–H and O–H groups in total. The number of rotatable bonds is 8. The van der Waals surface area contributed by atoms with E-state index in [0.717, 1.165) is 80.4 Å². The van der Waals surface area contributed by atoms with Crippen molar-refractivity contribution < 1.29 is 9.90 Å². The standard InChI is InChI=1S/C23H32N6O2/c1-17-4-7-22(31)20(25-17)15-29-21-14-18(16-30)5-6-19(21)26-23(29)24-8-3-9-28-12-10-27(2)11-13-28/h4-6,14,16,22,31H,3,7-13,15H2,1-2H3,(H,24,26). The number of carbonyl (C=O) groups is 1. The number of aliphatic hydroxyl groups is 1. The van der Waals surface area contributed by atoms with E-state index in [1.165, 1.54) is 0 Å². The third kappa shape index (κ3) is 5.20. The van der Waals surface area contributed by atoms with Gasteiger partial charge in [0.15, 0.2) is 0 Å². The Morgan fingerprint density at radius 3 is 2.84 bits per heavy atom. The number of aliphatic imine (C=N–C) groups is 1. The molecule has 1 aromatic carbocycles. The van der Waals surface area contributed by atoms with E-state index in [1.807, 2.05) is 29.7 Å². The fourth-order valence-electron chi connectivity index (χ4n) is 4.15. The predicted molar refractivity (Wildman–Crippen MR) is 124 cm³/mol. The Balaban J connectivity index is 1.49. The van der Waals surface area contributed by atoms with Crippen molar-refractivity contribution in [3.05, 3.63) is 35.5 Å². The maximum Gasteiger partial charge on any atom is 0.204 e. The molecule has 1 unspecified atom stereocenters. The maximum absolute atomic E-state index is 11.3. The second-order valence-corrected chi connectivity index (χ2v) is 8.51. The van der Waals surface area contributed by atoms with E-state index in [0.29, 0.717) is 18.5 Å². The molecule has 4 rings (SSSR count). The molecule has 8 nitrogen and oxygen atoms in total. The number of imidazole rings is 1. The smallest absolute Gasteiger partial charge is 0.204 e. The molecule has 1 saturated heterocycles. The highest BCUT2D eigenvalue weighted by molar-refractivity contribution is 5.93. The van der Waals surface area contributed by atoms with Crippen LogP contribution in [0.25, 0.3) is 11.0 Å². The van der Waals surface area contributed by atoms with Crippen molar-refractivity contribution in [3.8, 4) is 0 Å². The van der Waals surface area contributed by atoms with Crippen molar-refractivity contribution in [1.82, 2.24) is 19.4 Å². The number of hydrogen-bond donors (Lipinski definition) is 2. The van der Waals surface area contributed by atoms with Gasteiger partial charge < -0.3 is 24.8 Å². The first-order chi connectivity index (χ1) is 15.0. The first-order valence-electron chi connectivity index (χ1n) is 11.1. The number of carbonyl (C=O) groups excluding carboxylic acids is 1. The molecule has 2 aromatic rings. The van der Waals surface area contributed by atoms with Crippen LogP contribution in [0.5, 0.6) is 0 Å². The minimum absolute atomic E-state index is 0.436. The van der Waals surface area contributed by atoms with E-state index < -0.39 is 6.10 Å². The van der Waals surface area contributed by atoms with Gasteiger partial charge in [-0.2, -0.15) is 0 Å². The lowest BCUT2D eigenvalue weighted by Gasteiger charge is -2.32. The number of aldehydes is 1. The zero-order valence-corrected chi connectivity index (χ0v) is 18.4. The molecule has 8 heteroatoms. The van der Waals surface area contributed by atoms with Crippen molar-refractivity contribution in [2.45, 2.75) is 32.4 Å². The summed E-state index contributed by atoms with van der Waals surface area (Å²) < 4.78 is 2.03. The number of aliphatic hydroxyl groups excluding tert-OH is 1. The summed E-state index contributed by atoms with van der Waals surface area (Å²) in [5.41, 5.74) is 3.94. The number of hydrogen-bond acceptors (Lipinski definition) is 7. The number of fused-ring (bicyclic) bond motifs is 1. The van der Waals surface area contributed by atoms with Gasteiger partial charge in [-0.25, -0.2) is 4.98 Å². The summed E-state index contributed by atoms with van der Waals surface area (Å²) in [7, 11) is 2.17. The summed E-state index contributed by atoms with van der Waals surface area (Å²) in [6.45, 7) is 8.74. The van der Waals surface area contributed by atoms with Crippen LogP contribution in [0.3, 0.4) is 0 Å². The van der Waals surface area contributed by atoms with E-state index in [4.69, 9.17) is 4.98 Å². The Bertz CT molecular complexity index is 987. The van der Waals surface area contributed by atoms with Crippen LogP contribution in [-0.2, 0) is 6.54 Å². The zero-order chi connectivity index (χ0) is 21.8. The average molecular weight is 425 g/mol.